The van der Waals surface area contributed by atoms with Crippen LogP contribution in [0.4, 0.5) is 0 Å². The fourth-order valence-electron chi connectivity index (χ4n) is 0.618. The van der Waals surface area contributed by atoms with Gasteiger partial charge in [-0.05, 0) is 6.92 Å². The van der Waals surface area contributed by atoms with Gasteiger partial charge in [-0.3, -0.25) is 10.2 Å². The Bertz CT molecular complexity index is 158. The molecule has 11 heavy (non-hydrogen) atoms. The van der Waals surface area contributed by atoms with E-state index in [-0.39, 0.29) is 12.3 Å². The van der Waals surface area contributed by atoms with E-state index >= 15 is 0 Å². The summed E-state index contributed by atoms with van der Waals surface area (Å²) in [4.78, 5) is 10.2. The molecule has 1 unspecified atom stereocenters. The van der Waals surface area contributed by atoms with Crippen molar-refractivity contribution in [2.45, 2.75) is 19.4 Å². The normalized spacial score (nSPS) is 12.5. The molecule has 0 aromatic rings. The maximum absolute atomic E-state index is 10.2. The van der Waals surface area contributed by atoms with Gasteiger partial charge in [-0.25, -0.2) is 0 Å². The third kappa shape index (κ3) is 4.32. The van der Waals surface area contributed by atoms with Crippen LogP contribution in [0.2, 0.25) is 0 Å². The van der Waals surface area contributed by atoms with Gasteiger partial charge >= 0.3 is 5.97 Å². The van der Waals surface area contributed by atoms with Gasteiger partial charge in [0, 0.05) is 6.61 Å². The van der Waals surface area contributed by atoms with Gasteiger partial charge < -0.3 is 15.6 Å². The number of aliphatic carboxylic acids is 1. The molecule has 0 aromatic carbocycles. The minimum atomic E-state index is -1.02. The molecule has 5 nitrogen and oxygen atoms in total. The second-order valence-corrected chi connectivity index (χ2v) is 2.00. The molecule has 0 bridgehead atoms. The largest absolute Gasteiger partial charge is 0.481 e. The Kier molecular flexibility index (Phi) is 4.21. The van der Waals surface area contributed by atoms with Crippen LogP contribution in [0.3, 0.4) is 0 Å². The topological polar surface area (TPSA) is 96.4 Å². The third-order valence-electron chi connectivity index (χ3n) is 1.07. The summed E-state index contributed by atoms with van der Waals surface area (Å²) in [6, 6.07) is 0. The first kappa shape index (κ1) is 9.90. The van der Waals surface area contributed by atoms with Crippen molar-refractivity contribution in [2.75, 3.05) is 6.61 Å². The van der Waals surface area contributed by atoms with Crippen LogP contribution in [0.1, 0.15) is 13.3 Å². The zero-order valence-corrected chi connectivity index (χ0v) is 6.33. The summed E-state index contributed by atoms with van der Waals surface area (Å²) in [7, 11) is 0. The molecule has 0 saturated carbocycles. The van der Waals surface area contributed by atoms with E-state index in [2.05, 4.69) is 0 Å². The van der Waals surface area contributed by atoms with Crippen molar-refractivity contribution in [1.29, 1.82) is 5.41 Å². The quantitative estimate of drug-likeness (QED) is 0.383. The van der Waals surface area contributed by atoms with E-state index in [1.807, 2.05) is 0 Å². The van der Waals surface area contributed by atoms with Crippen LogP contribution in [-0.2, 0) is 9.53 Å². The van der Waals surface area contributed by atoms with Crippen molar-refractivity contribution in [3.8, 4) is 0 Å². The molecule has 0 fully saturated rings. The average molecular weight is 160 g/mol. The number of carboxylic acids is 1. The van der Waals surface area contributed by atoms with Crippen LogP contribution in [-0.4, -0.2) is 29.6 Å². The van der Waals surface area contributed by atoms with Crippen LogP contribution in [0.5, 0.6) is 0 Å². The van der Waals surface area contributed by atoms with E-state index in [9.17, 15) is 4.79 Å². The van der Waals surface area contributed by atoms with Gasteiger partial charge in [0.05, 0.1) is 6.42 Å². The maximum Gasteiger partial charge on any atom is 0.306 e. The third-order valence-corrected chi connectivity index (χ3v) is 1.07. The van der Waals surface area contributed by atoms with Crippen LogP contribution in [0.15, 0.2) is 0 Å². The number of nitrogens with two attached hydrogens (primary N) is 1. The molecule has 0 aliphatic heterocycles. The van der Waals surface area contributed by atoms with Crippen molar-refractivity contribution < 1.29 is 14.6 Å². The molecule has 0 radical (unpaired) electrons. The lowest BCUT2D eigenvalue weighted by Gasteiger charge is -2.11. The molecule has 0 amide bonds. The SMILES string of the molecule is CCOC(CC(=O)O)C(=N)N. The van der Waals surface area contributed by atoms with Gasteiger partial charge in [-0.15, -0.1) is 0 Å². The zero-order chi connectivity index (χ0) is 8.85. The first-order valence-corrected chi connectivity index (χ1v) is 3.25. The zero-order valence-electron chi connectivity index (χ0n) is 6.33. The summed E-state index contributed by atoms with van der Waals surface area (Å²) in [6.45, 7) is 2.08. The number of carbonyl (C=O) groups is 1. The highest BCUT2D eigenvalue weighted by molar-refractivity contribution is 5.85. The second kappa shape index (κ2) is 4.68. The Balaban J connectivity index is 3.89. The summed E-state index contributed by atoms with van der Waals surface area (Å²) in [5.41, 5.74) is 5.07. The molecule has 0 spiro atoms. The molecule has 64 valence electrons. The van der Waals surface area contributed by atoms with E-state index in [0.717, 1.165) is 0 Å². The van der Waals surface area contributed by atoms with Crippen LogP contribution in [0.25, 0.3) is 0 Å². The summed E-state index contributed by atoms with van der Waals surface area (Å²) >= 11 is 0. The molecule has 0 aliphatic carbocycles. The summed E-state index contributed by atoms with van der Waals surface area (Å²) in [6.07, 6.45) is -1.03. The number of carboxylic acid groups (broad SMARTS) is 1. The molecule has 4 N–H and O–H groups in total. The van der Waals surface area contributed by atoms with Gasteiger partial charge in [0.25, 0.3) is 0 Å². The Hall–Kier alpha value is -1.10. The Morgan fingerprint density at radius 2 is 2.36 bits per heavy atom. The number of hydrogen-bond donors (Lipinski definition) is 3. The minimum Gasteiger partial charge on any atom is -0.481 e. The van der Waals surface area contributed by atoms with Gasteiger partial charge in [-0.1, -0.05) is 0 Å². The molecule has 0 heterocycles. The first-order chi connectivity index (χ1) is 5.07. The smallest absolute Gasteiger partial charge is 0.306 e. The standard InChI is InChI=1S/C6H12N2O3/c1-2-11-4(6(7)8)3-5(9)10/h4H,2-3H2,1H3,(H3,7,8)(H,9,10). The fraction of sp³-hybridized carbons (Fsp3) is 0.667. The molecule has 0 saturated heterocycles. The maximum atomic E-state index is 10.2. The van der Waals surface area contributed by atoms with Crippen molar-refractivity contribution in [3.05, 3.63) is 0 Å². The van der Waals surface area contributed by atoms with E-state index in [4.69, 9.17) is 21.0 Å². The van der Waals surface area contributed by atoms with Gasteiger partial charge in [-0.2, -0.15) is 0 Å². The Morgan fingerprint density at radius 3 is 2.64 bits per heavy atom. The second-order valence-electron chi connectivity index (χ2n) is 2.00. The van der Waals surface area contributed by atoms with Crippen LogP contribution in [0, 0.1) is 5.41 Å². The Labute approximate surface area is 64.7 Å². The van der Waals surface area contributed by atoms with Crippen LogP contribution < -0.4 is 5.73 Å². The number of hydrogen-bond acceptors (Lipinski definition) is 3. The highest BCUT2D eigenvalue weighted by Crippen LogP contribution is 1.97. The number of ether oxygens (including phenoxy) is 1. The number of rotatable bonds is 5. The molecular formula is C6H12N2O3. The van der Waals surface area contributed by atoms with Crippen molar-refractivity contribution in [3.63, 3.8) is 0 Å². The number of amidine groups is 1. The summed E-state index contributed by atoms with van der Waals surface area (Å²) in [5, 5.41) is 15.3. The van der Waals surface area contributed by atoms with Crippen molar-refractivity contribution in [1.82, 2.24) is 0 Å². The molecular weight excluding hydrogens is 148 g/mol. The highest BCUT2D eigenvalue weighted by atomic mass is 16.5. The first-order valence-electron chi connectivity index (χ1n) is 3.25. The highest BCUT2D eigenvalue weighted by Gasteiger charge is 2.15. The van der Waals surface area contributed by atoms with E-state index in [0.29, 0.717) is 6.61 Å². The lowest BCUT2D eigenvalue weighted by molar-refractivity contribution is -0.139. The van der Waals surface area contributed by atoms with Gasteiger partial charge in [0.1, 0.15) is 11.9 Å². The van der Waals surface area contributed by atoms with Crippen molar-refractivity contribution in [2.24, 2.45) is 5.73 Å². The van der Waals surface area contributed by atoms with E-state index in [1.54, 1.807) is 6.92 Å². The predicted molar refractivity (Wildman–Crippen MR) is 39.6 cm³/mol. The lowest BCUT2D eigenvalue weighted by Crippen LogP contribution is -2.32. The van der Waals surface area contributed by atoms with E-state index < -0.39 is 12.1 Å². The van der Waals surface area contributed by atoms with E-state index in [1.165, 1.54) is 0 Å². The van der Waals surface area contributed by atoms with Crippen LogP contribution >= 0.6 is 0 Å². The Morgan fingerprint density at radius 1 is 1.82 bits per heavy atom. The molecule has 0 aliphatic rings. The minimum absolute atomic E-state index is 0.241. The molecule has 1 atom stereocenters. The monoisotopic (exact) mass is 160 g/mol. The predicted octanol–water partition coefficient (Wildman–Crippen LogP) is -0.198. The summed E-state index contributed by atoms with van der Waals surface area (Å²) < 4.78 is 4.88. The summed E-state index contributed by atoms with van der Waals surface area (Å²) in [5.74, 6) is -1.26. The average Bonchev–Trinajstić information content (AvgIpc) is 1.86. The number of nitrogens with one attached hydrogen (secondary N) is 1. The molecule has 0 aromatic heterocycles. The van der Waals surface area contributed by atoms with Gasteiger partial charge in [0.15, 0.2) is 0 Å². The van der Waals surface area contributed by atoms with Gasteiger partial charge in [0.2, 0.25) is 0 Å². The lowest BCUT2D eigenvalue weighted by atomic mass is 10.2. The molecule has 0 rings (SSSR count). The van der Waals surface area contributed by atoms with Crippen molar-refractivity contribution >= 4 is 11.8 Å². The fourth-order valence-corrected chi connectivity index (χ4v) is 0.618. The molecule has 5 heteroatoms.